The molecule has 18 heavy (non-hydrogen) atoms. The fraction of sp³-hybridized carbons (Fsp3) is 1.00. The Kier molecular flexibility index (Phi) is 6.13. The molecule has 1 saturated carbocycles. The number of hydrogen-bond donors (Lipinski definition) is 1. The molecule has 0 bridgehead atoms. The van der Waals surface area contributed by atoms with Crippen LogP contribution >= 0.6 is 0 Å². The van der Waals surface area contributed by atoms with Crippen LogP contribution in [-0.4, -0.2) is 30.1 Å². The minimum Gasteiger partial charge on any atom is -0.329 e. The highest BCUT2D eigenvalue weighted by Crippen LogP contribution is 2.37. The summed E-state index contributed by atoms with van der Waals surface area (Å²) in [5, 5.41) is 0. The first kappa shape index (κ1) is 16.0. The molecule has 2 nitrogen and oxygen atoms in total. The molecule has 0 spiro atoms. The lowest BCUT2D eigenvalue weighted by atomic mass is 9.74. The molecule has 0 amide bonds. The first-order valence-corrected chi connectivity index (χ1v) is 7.84. The van der Waals surface area contributed by atoms with E-state index in [9.17, 15) is 0 Å². The predicted octanol–water partition coefficient (Wildman–Crippen LogP) is 3.51. The third kappa shape index (κ3) is 4.24. The average molecular weight is 254 g/mol. The molecule has 0 radical (unpaired) electrons. The third-order valence-corrected chi connectivity index (χ3v) is 4.29. The molecule has 1 rings (SSSR count). The van der Waals surface area contributed by atoms with Gasteiger partial charge in [0.05, 0.1) is 0 Å². The topological polar surface area (TPSA) is 29.3 Å². The van der Waals surface area contributed by atoms with Crippen LogP contribution in [0.3, 0.4) is 0 Å². The van der Waals surface area contributed by atoms with Gasteiger partial charge in [-0.25, -0.2) is 0 Å². The first-order chi connectivity index (χ1) is 8.39. The maximum absolute atomic E-state index is 6.21. The van der Waals surface area contributed by atoms with E-state index in [2.05, 4.69) is 39.5 Å². The minimum atomic E-state index is 0.284. The summed E-state index contributed by atoms with van der Waals surface area (Å²) in [4.78, 5) is 2.72. The van der Waals surface area contributed by atoms with Gasteiger partial charge in [-0.1, -0.05) is 47.5 Å². The van der Waals surface area contributed by atoms with E-state index < -0.39 is 0 Å². The van der Waals surface area contributed by atoms with E-state index in [0.29, 0.717) is 0 Å². The number of nitrogens with zero attached hydrogens (tertiary/aromatic N) is 1. The second-order valence-corrected chi connectivity index (χ2v) is 7.32. The summed E-state index contributed by atoms with van der Waals surface area (Å²) in [5.41, 5.74) is 6.50. The zero-order valence-corrected chi connectivity index (χ0v) is 13.2. The van der Waals surface area contributed by atoms with E-state index in [0.717, 1.165) is 24.3 Å². The van der Waals surface area contributed by atoms with Gasteiger partial charge in [0.15, 0.2) is 0 Å². The molecule has 1 fully saturated rings. The van der Waals surface area contributed by atoms with E-state index >= 15 is 0 Å². The summed E-state index contributed by atoms with van der Waals surface area (Å²) in [6, 6.07) is 0. The van der Waals surface area contributed by atoms with Gasteiger partial charge in [0.25, 0.3) is 0 Å². The SMILES string of the molecule is CC(C)CN(CC(C)C)C1(CN)CCCC(C)C1. The molecule has 108 valence electrons. The Labute approximate surface area is 114 Å². The van der Waals surface area contributed by atoms with Gasteiger partial charge < -0.3 is 5.73 Å². The Morgan fingerprint density at radius 1 is 1.17 bits per heavy atom. The molecule has 2 heteroatoms. The van der Waals surface area contributed by atoms with Crippen LogP contribution < -0.4 is 5.73 Å². The largest absolute Gasteiger partial charge is 0.329 e. The van der Waals surface area contributed by atoms with Crippen molar-refractivity contribution in [3.8, 4) is 0 Å². The monoisotopic (exact) mass is 254 g/mol. The zero-order valence-electron chi connectivity index (χ0n) is 13.2. The number of rotatable bonds is 6. The lowest BCUT2D eigenvalue weighted by Crippen LogP contribution is -2.58. The lowest BCUT2D eigenvalue weighted by Gasteiger charge is -2.49. The Hall–Kier alpha value is -0.0800. The Morgan fingerprint density at radius 3 is 2.11 bits per heavy atom. The standard InChI is InChI=1S/C16H34N2/c1-13(2)10-18(11-14(3)4)16(12-17)8-6-7-15(5)9-16/h13-15H,6-12,17H2,1-5H3. The van der Waals surface area contributed by atoms with Crippen LogP contribution in [0.15, 0.2) is 0 Å². The molecule has 1 aliphatic carbocycles. The van der Waals surface area contributed by atoms with Gasteiger partial charge >= 0.3 is 0 Å². The van der Waals surface area contributed by atoms with Crippen LogP contribution in [0, 0.1) is 17.8 Å². The summed E-state index contributed by atoms with van der Waals surface area (Å²) < 4.78 is 0. The van der Waals surface area contributed by atoms with E-state index in [1.165, 1.54) is 38.8 Å². The van der Waals surface area contributed by atoms with Crippen LogP contribution in [0.25, 0.3) is 0 Å². The maximum Gasteiger partial charge on any atom is 0.0334 e. The molecular formula is C16H34N2. The van der Waals surface area contributed by atoms with E-state index in [-0.39, 0.29) is 5.54 Å². The average Bonchev–Trinajstić information content (AvgIpc) is 2.26. The van der Waals surface area contributed by atoms with Gasteiger partial charge in [0.2, 0.25) is 0 Å². The van der Waals surface area contributed by atoms with Crippen molar-refractivity contribution in [3.05, 3.63) is 0 Å². The van der Waals surface area contributed by atoms with E-state index in [1.807, 2.05) is 0 Å². The molecule has 2 N–H and O–H groups in total. The second kappa shape index (κ2) is 6.91. The van der Waals surface area contributed by atoms with Crippen molar-refractivity contribution in [2.24, 2.45) is 23.5 Å². The van der Waals surface area contributed by atoms with Gasteiger partial charge in [0.1, 0.15) is 0 Å². The molecule has 0 heterocycles. The molecular weight excluding hydrogens is 220 g/mol. The smallest absolute Gasteiger partial charge is 0.0334 e. The fourth-order valence-corrected chi connectivity index (χ4v) is 3.58. The highest BCUT2D eigenvalue weighted by molar-refractivity contribution is 4.96. The first-order valence-electron chi connectivity index (χ1n) is 7.84. The van der Waals surface area contributed by atoms with Crippen molar-refractivity contribution in [1.82, 2.24) is 4.90 Å². The van der Waals surface area contributed by atoms with Crippen LogP contribution in [0.1, 0.15) is 60.3 Å². The summed E-state index contributed by atoms with van der Waals surface area (Å²) in [5.74, 6) is 2.29. The predicted molar refractivity (Wildman–Crippen MR) is 80.7 cm³/mol. The van der Waals surface area contributed by atoms with Gasteiger partial charge in [-0.15, -0.1) is 0 Å². The molecule has 0 aromatic carbocycles. The highest BCUT2D eigenvalue weighted by Gasteiger charge is 2.39. The van der Waals surface area contributed by atoms with Crippen molar-refractivity contribution in [3.63, 3.8) is 0 Å². The molecule has 1 aliphatic rings. The van der Waals surface area contributed by atoms with E-state index in [1.54, 1.807) is 0 Å². The number of nitrogens with two attached hydrogens (primary N) is 1. The zero-order chi connectivity index (χ0) is 13.8. The van der Waals surface area contributed by atoms with Crippen LogP contribution in [-0.2, 0) is 0 Å². The molecule has 0 aliphatic heterocycles. The lowest BCUT2D eigenvalue weighted by molar-refractivity contribution is 0.0212. The molecule has 0 aromatic rings. The normalized spacial score (nSPS) is 29.5. The van der Waals surface area contributed by atoms with E-state index in [4.69, 9.17) is 5.73 Å². The number of hydrogen-bond acceptors (Lipinski definition) is 2. The van der Waals surface area contributed by atoms with Gasteiger partial charge in [-0.3, -0.25) is 4.90 Å². The van der Waals surface area contributed by atoms with Gasteiger partial charge in [0, 0.05) is 25.2 Å². The van der Waals surface area contributed by atoms with Crippen LogP contribution in [0.2, 0.25) is 0 Å². The van der Waals surface area contributed by atoms with Crippen molar-refractivity contribution >= 4 is 0 Å². The van der Waals surface area contributed by atoms with Crippen LogP contribution in [0.5, 0.6) is 0 Å². The van der Waals surface area contributed by atoms with Gasteiger partial charge in [-0.2, -0.15) is 0 Å². The minimum absolute atomic E-state index is 0.284. The summed E-state index contributed by atoms with van der Waals surface area (Å²) in [6.45, 7) is 14.9. The molecule has 0 saturated heterocycles. The maximum atomic E-state index is 6.21. The van der Waals surface area contributed by atoms with Crippen LogP contribution in [0.4, 0.5) is 0 Å². The van der Waals surface area contributed by atoms with Crippen molar-refractivity contribution in [1.29, 1.82) is 0 Å². The summed E-state index contributed by atoms with van der Waals surface area (Å²) >= 11 is 0. The Balaban J connectivity index is 2.83. The van der Waals surface area contributed by atoms with Gasteiger partial charge in [-0.05, 0) is 30.6 Å². The fourth-order valence-electron chi connectivity index (χ4n) is 3.58. The molecule has 2 unspecified atom stereocenters. The third-order valence-electron chi connectivity index (χ3n) is 4.29. The molecule has 2 atom stereocenters. The highest BCUT2D eigenvalue weighted by atomic mass is 15.2. The summed E-state index contributed by atoms with van der Waals surface area (Å²) in [7, 11) is 0. The van der Waals surface area contributed by atoms with Crippen molar-refractivity contribution in [2.45, 2.75) is 65.8 Å². The quantitative estimate of drug-likeness (QED) is 0.786. The summed E-state index contributed by atoms with van der Waals surface area (Å²) in [6.07, 6.45) is 5.33. The van der Waals surface area contributed by atoms with Crippen molar-refractivity contribution in [2.75, 3.05) is 19.6 Å². The Bertz CT molecular complexity index is 227. The molecule has 0 aromatic heterocycles. The second-order valence-electron chi connectivity index (χ2n) is 7.32. The van der Waals surface area contributed by atoms with Crippen molar-refractivity contribution < 1.29 is 0 Å². The Morgan fingerprint density at radius 2 is 1.72 bits per heavy atom.